The highest BCUT2D eigenvalue weighted by Gasteiger charge is 2.38. The number of hydrogen-bond donors (Lipinski definition) is 0. The molecule has 0 N–H and O–H groups in total. The Morgan fingerprint density at radius 3 is 2.09 bits per heavy atom. The first-order valence-corrected chi connectivity index (χ1v) is 20.4. The molecule has 57 heavy (non-hydrogen) atoms. The zero-order chi connectivity index (χ0) is 37.8. The van der Waals surface area contributed by atoms with Crippen molar-refractivity contribution in [2.24, 2.45) is 0 Å². The Kier molecular flexibility index (Phi) is 6.85. The summed E-state index contributed by atoms with van der Waals surface area (Å²) < 4.78 is 4.94. The van der Waals surface area contributed by atoms with Gasteiger partial charge in [0, 0.05) is 47.3 Å². The smallest absolute Gasteiger partial charge is 0.235 e. The van der Waals surface area contributed by atoms with Crippen LogP contribution in [0.3, 0.4) is 0 Å². The number of thiophene rings is 1. The molecule has 0 amide bonds. The fourth-order valence-electron chi connectivity index (χ4n) is 9.60. The number of aromatic nitrogens is 3. The molecule has 1 aliphatic rings. The van der Waals surface area contributed by atoms with Crippen molar-refractivity contribution in [2.45, 2.75) is 19.3 Å². The summed E-state index contributed by atoms with van der Waals surface area (Å²) in [7, 11) is 0. The van der Waals surface area contributed by atoms with Crippen LogP contribution in [0.5, 0.6) is 0 Å². The van der Waals surface area contributed by atoms with E-state index in [0.29, 0.717) is 5.95 Å². The Morgan fingerprint density at radius 2 is 1.18 bits per heavy atom. The third kappa shape index (κ3) is 4.71. The lowest BCUT2D eigenvalue weighted by Gasteiger charge is -2.22. The van der Waals surface area contributed by atoms with Gasteiger partial charge in [0.25, 0.3) is 0 Å². The van der Waals surface area contributed by atoms with Gasteiger partial charge in [-0.25, -0.2) is 9.97 Å². The lowest BCUT2D eigenvalue weighted by atomic mass is 9.80. The third-order valence-corrected chi connectivity index (χ3v) is 13.4. The van der Waals surface area contributed by atoms with Crippen molar-refractivity contribution in [2.75, 3.05) is 0 Å². The van der Waals surface area contributed by atoms with Crippen molar-refractivity contribution >= 4 is 64.2 Å². The molecule has 0 saturated carbocycles. The van der Waals surface area contributed by atoms with Crippen LogP contribution < -0.4 is 0 Å². The maximum Gasteiger partial charge on any atom is 0.235 e. The summed E-state index contributed by atoms with van der Waals surface area (Å²) in [5, 5.41) is 6.12. The Balaban J connectivity index is 1.16. The van der Waals surface area contributed by atoms with Crippen molar-refractivity contribution in [1.82, 2.24) is 14.5 Å². The highest BCUT2D eigenvalue weighted by Crippen LogP contribution is 2.53. The van der Waals surface area contributed by atoms with Crippen LogP contribution in [0.25, 0.3) is 103 Å². The summed E-state index contributed by atoms with van der Waals surface area (Å²) in [4.78, 5) is 10.9. The Labute approximate surface area is 334 Å². The lowest BCUT2D eigenvalue weighted by Crippen LogP contribution is -2.15. The van der Waals surface area contributed by atoms with E-state index in [0.717, 1.165) is 38.8 Å². The van der Waals surface area contributed by atoms with Crippen LogP contribution in [0.4, 0.5) is 0 Å². The van der Waals surface area contributed by atoms with E-state index in [-0.39, 0.29) is 5.41 Å². The number of rotatable bonds is 4. The van der Waals surface area contributed by atoms with Crippen molar-refractivity contribution in [3.8, 4) is 50.6 Å². The van der Waals surface area contributed by atoms with E-state index in [1.807, 2.05) is 11.3 Å². The predicted octanol–water partition coefficient (Wildman–Crippen LogP) is 14.4. The zero-order valence-corrected chi connectivity index (χ0v) is 32.3. The first-order valence-electron chi connectivity index (χ1n) is 19.6. The third-order valence-electron chi connectivity index (χ3n) is 12.2. The van der Waals surface area contributed by atoms with E-state index in [9.17, 15) is 0 Å². The van der Waals surface area contributed by atoms with Gasteiger partial charge in [-0.2, -0.15) is 0 Å². The maximum absolute atomic E-state index is 5.52. The summed E-state index contributed by atoms with van der Waals surface area (Å²) in [5.74, 6) is 0.668. The van der Waals surface area contributed by atoms with Gasteiger partial charge in [-0.15, -0.1) is 11.3 Å². The average Bonchev–Trinajstić information content (AvgIpc) is 3.89. The largest absolute Gasteiger partial charge is 0.278 e. The molecule has 0 radical (unpaired) electrons. The van der Waals surface area contributed by atoms with Gasteiger partial charge < -0.3 is 0 Å². The van der Waals surface area contributed by atoms with Crippen molar-refractivity contribution in [3.05, 3.63) is 187 Å². The van der Waals surface area contributed by atoms with E-state index in [2.05, 4.69) is 194 Å². The van der Waals surface area contributed by atoms with Gasteiger partial charge in [-0.05, 0) is 80.9 Å². The first-order chi connectivity index (χ1) is 28.0. The molecule has 1 aliphatic carbocycles. The van der Waals surface area contributed by atoms with Gasteiger partial charge in [0.15, 0.2) is 0 Å². The highest BCUT2D eigenvalue weighted by molar-refractivity contribution is 7.26. The minimum atomic E-state index is -0.209. The van der Waals surface area contributed by atoms with Gasteiger partial charge in [-0.3, -0.25) is 4.57 Å². The van der Waals surface area contributed by atoms with Crippen molar-refractivity contribution in [3.63, 3.8) is 0 Å². The quantitative estimate of drug-likeness (QED) is 0.180. The van der Waals surface area contributed by atoms with Crippen molar-refractivity contribution < 1.29 is 0 Å². The summed E-state index contributed by atoms with van der Waals surface area (Å²) in [6, 6.07) is 63.8. The van der Waals surface area contributed by atoms with E-state index in [4.69, 9.17) is 9.97 Å². The molecule has 4 heteroatoms. The van der Waals surface area contributed by atoms with Crippen LogP contribution in [0.2, 0.25) is 0 Å². The highest BCUT2D eigenvalue weighted by atomic mass is 32.1. The second-order valence-corrected chi connectivity index (χ2v) is 16.8. The molecule has 0 atom stereocenters. The number of nitrogens with zero attached hydrogens (tertiary/aromatic N) is 3. The summed E-state index contributed by atoms with van der Waals surface area (Å²) in [6.45, 7) is 4.76. The van der Waals surface area contributed by atoms with Crippen LogP contribution >= 0.6 is 11.3 Å². The Bertz CT molecular complexity index is 3440. The molecule has 0 bridgehead atoms. The molecule has 12 rings (SSSR count). The van der Waals surface area contributed by atoms with Gasteiger partial charge in [-0.1, -0.05) is 153 Å². The fraction of sp³-hybridized carbons (Fsp3) is 0.0566. The van der Waals surface area contributed by atoms with Crippen LogP contribution in [0.1, 0.15) is 25.0 Å². The number of para-hydroxylation sites is 1. The topological polar surface area (TPSA) is 30.7 Å². The van der Waals surface area contributed by atoms with Crippen LogP contribution in [0, 0.1) is 0 Å². The average molecular weight is 746 g/mol. The molecular weight excluding hydrogens is 711 g/mol. The molecule has 0 saturated heterocycles. The Morgan fingerprint density at radius 1 is 0.474 bits per heavy atom. The summed E-state index contributed by atoms with van der Waals surface area (Å²) in [5.41, 5.74) is 15.0. The monoisotopic (exact) mass is 745 g/mol. The minimum Gasteiger partial charge on any atom is -0.278 e. The molecule has 0 spiro atoms. The van der Waals surface area contributed by atoms with E-state index >= 15 is 0 Å². The molecule has 0 unspecified atom stereocenters. The maximum atomic E-state index is 5.52. The molecule has 11 aromatic rings. The minimum absolute atomic E-state index is 0.209. The summed E-state index contributed by atoms with van der Waals surface area (Å²) in [6.07, 6.45) is 0. The molecule has 0 fully saturated rings. The van der Waals surface area contributed by atoms with Crippen LogP contribution in [-0.2, 0) is 5.41 Å². The normalized spacial score (nSPS) is 13.2. The second-order valence-electron chi connectivity index (χ2n) is 15.7. The van der Waals surface area contributed by atoms with Crippen LogP contribution in [-0.4, -0.2) is 14.5 Å². The van der Waals surface area contributed by atoms with Gasteiger partial charge in [0.1, 0.15) is 0 Å². The van der Waals surface area contributed by atoms with Gasteiger partial charge in [0.05, 0.1) is 22.2 Å². The Hall–Kier alpha value is -6.88. The van der Waals surface area contributed by atoms with Crippen molar-refractivity contribution in [1.29, 1.82) is 0 Å². The SMILES string of the molecule is CC1(C)c2ccccc2-c2ccc3c(c21)c1cc(-c2cccc4c2sc2ccccc24)ccc1n3-c1nc(-c2cccc(-c3ccccc3)c2)c2ccccc2n1. The van der Waals surface area contributed by atoms with Crippen LogP contribution in [0.15, 0.2) is 176 Å². The molecule has 268 valence electrons. The van der Waals surface area contributed by atoms with E-state index < -0.39 is 0 Å². The van der Waals surface area contributed by atoms with Gasteiger partial charge in [0.2, 0.25) is 5.95 Å². The van der Waals surface area contributed by atoms with E-state index in [1.165, 1.54) is 69.9 Å². The van der Waals surface area contributed by atoms with E-state index in [1.54, 1.807) is 0 Å². The predicted molar refractivity (Wildman–Crippen MR) is 241 cm³/mol. The standard InChI is InChI=1S/C53H35N3S/c1-53(2)43-23-9-6-18-37(43)39-27-29-46-48(49(39)53)42-31-34(36-21-13-22-40-38-19-8-11-25-47(38)57-51(36)40)26-28-45(42)56(46)52-54-44-24-10-7-20-41(44)50(55-52)35-17-12-16-33(30-35)32-14-4-3-5-15-32/h3-31H,1-2H3. The summed E-state index contributed by atoms with van der Waals surface area (Å²) >= 11 is 1.88. The second kappa shape index (κ2) is 12.1. The lowest BCUT2D eigenvalue weighted by molar-refractivity contribution is 0.666. The molecule has 3 aromatic heterocycles. The number of benzene rings is 8. The fourth-order valence-corrected chi connectivity index (χ4v) is 10.8. The molecular formula is C53H35N3S. The first kappa shape index (κ1) is 32.4. The van der Waals surface area contributed by atoms with Gasteiger partial charge >= 0.3 is 0 Å². The zero-order valence-electron chi connectivity index (χ0n) is 31.5. The molecule has 8 aromatic carbocycles. The number of hydrogen-bond acceptors (Lipinski definition) is 3. The molecule has 0 aliphatic heterocycles. The number of fused-ring (bicyclic) bond motifs is 11. The molecule has 3 heterocycles. The molecule has 3 nitrogen and oxygen atoms in total.